The van der Waals surface area contributed by atoms with Gasteiger partial charge in [-0.25, -0.2) is 4.68 Å². The molecule has 4 aromatic rings. The average molecular weight is 425 g/mol. The first-order valence-electron chi connectivity index (χ1n) is 10.6. The number of aryl methyl sites for hydroxylation is 1. The molecular formula is C26H24N4O2. The van der Waals surface area contributed by atoms with Crippen LogP contribution in [0.4, 0.5) is 5.95 Å². The molecule has 0 saturated carbocycles. The first-order valence-corrected chi connectivity index (χ1v) is 10.6. The Labute approximate surface area is 187 Å². The van der Waals surface area contributed by atoms with Gasteiger partial charge >= 0.3 is 0 Å². The summed E-state index contributed by atoms with van der Waals surface area (Å²) in [6.45, 7) is 1.99. The standard InChI is InChI=1S/C26H24N4O2/c1-18-7-6-10-21(15-18)25(31)29-23(20-11-13-22(32-2)14-12-20)16-24(19-8-4-3-5-9-19)30-26(29)27-17-28-30/h3-15,17,23-24H,16H2,1-2H3. The molecule has 2 atom stereocenters. The first-order chi connectivity index (χ1) is 15.7. The highest BCUT2D eigenvalue weighted by atomic mass is 16.5. The van der Waals surface area contributed by atoms with Gasteiger partial charge in [0.25, 0.3) is 5.91 Å². The van der Waals surface area contributed by atoms with E-state index in [9.17, 15) is 4.79 Å². The van der Waals surface area contributed by atoms with Gasteiger partial charge in [0.1, 0.15) is 12.1 Å². The highest BCUT2D eigenvalue weighted by Crippen LogP contribution is 2.42. The zero-order valence-electron chi connectivity index (χ0n) is 18.1. The van der Waals surface area contributed by atoms with Crippen LogP contribution < -0.4 is 9.64 Å². The second-order valence-corrected chi connectivity index (χ2v) is 8.00. The van der Waals surface area contributed by atoms with Crippen LogP contribution in [0.3, 0.4) is 0 Å². The van der Waals surface area contributed by atoms with Gasteiger partial charge in [0, 0.05) is 5.56 Å². The summed E-state index contributed by atoms with van der Waals surface area (Å²) >= 11 is 0. The van der Waals surface area contributed by atoms with Gasteiger partial charge in [-0.15, -0.1) is 0 Å². The van der Waals surface area contributed by atoms with Gasteiger partial charge in [-0.2, -0.15) is 10.1 Å². The third-order valence-corrected chi connectivity index (χ3v) is 5.99. The lowest BCUT2D eigenvalue weighted by atomic mass is 9.91. The minimum atomic E-state index is -0.198. The van der Waals surface area contributed by atoms with Gasteiger partial charge in [-0.05, 0) is 48.7 Å². The predicted octanol–water partition coefficient (Wildman–Crippen LogP) is 4.98. The SMILES string of the molecule is COc1ccc(C2CC(c3ccccc3)n3ncnc3N2C(=O)c2cccc(C)c2)cc1. The third-order valence-electron chi connectivity index (χ3n) is 5.99. The van der Waals surface area contributed by atoms with Crippen molar-refractivity contribution in [3.05, 3.63) is 107 Å². The molecule has 0 spiro atoms. The Balaban J connectivity index is 1.64. The van der Waals surface area contributed by atoms with Crippen molar-refractivity contribution in [3.8, 4) is 5.75 Å². The Morgan fingerprint density at radius 3 is 2.41 bits per heavy atom. The molecule has 0 saturated heterocycles. The lowest BCUT2D eigenvalue weighted by Crippen LogP contribution is -2.42. The molecule has 6 nitrogen and oxygen atoms in total. The number of benzene rings is 3. The maximum Gasteiger partial charge on any atom is 0.261 e. The number of methoxy groups -OCH3 is 1. The molecule has 1 aliphatic rings. The van der Waals surface area contributed by atoms with Gasteiger partial charge in [-0.1, -0.05) is 60.2 Å². The summed E-state index contributed by atoms with van der Waals surface area (Å²) < 4.78 is 7.20. The van der Waals surface area contributed by atoms with Crippen LogP contribution >= 0.6 is 0 Å². The molecule has 0 aliphatic carbocycles. The van der Waals surface area contributed by atoms with E-state index in [1.807, 2.05) is 78.3 Å². The number of hydrogen-bond donors (Lipinski definition) is 0. The second-order valence-electron chi connectivity index (χ2n) is 8.00. The number of anilines is 1. The fraction of sp³-hybridized carbons (Fsp3) is 0.192. The largest absolute Gasteiger partial charge is 0.497 e. The summed E-state index contributed by atoms with van der Waals surface area (Å²) in [5.74, 6) is 1.25. The molecule has 160 valence electrons. The lowest BCUT2D eigenvalue weighted by Gasteiger charge is -2.39. The molecule has 32 heavy (non-hydrogen) atoms. The second kappa shape index (κ2) is 8.30. The smallest absolute Gasteiger partial charge is 0.261 e. The highest BCUT2D eigenvalue weighted by Gasteiger charge is 2.39. The minimum Gasteiger partial charge on any atom is -0.497 e. The predicted molar refractivity (Wildman–Crippen MR) is 123 cm³/mol. The topological polar surface area (TPSA) is 60.2 Å². The van der Waals surface area contributed by atoms with Crippen molar-refractivity contribution in [2.75, 3.05) is 12.0 Å². The number of carbonyl (C=O) groups is 1. The average Bonchev–Trinajstić information content (AvgIpc) is 3.33. The van der Waals surface area contributed by atoms with Crippen molar-refractivity contribution in [3.63, 3.8) is 0 Å². The fourth-order valence-corrected chi connectivity index (χ4v) is 4.41. The van der Waals surface area contributed by atoms with E-state index in [1.54, 1.807) is 12.0 Å². The number of carbonyl (C=O) groups excluding carboxylic acids is 1. The first kappa shape index (κ1) is 20.0. The summed E-state index contributed by atoms with van der Waals surface area (Å²) in [5, 5.41) is 4.51. The number of amides is 1. The van der Waals surface area contributed by atoms with E-state index in [0.717, 1.165) is 22.4 Å². The van der Waals surface area contributed by atoms with Gasteiger partial charge < -0.3 is 4.74 Å². The minimum absolute atomic E-state index is 0.0256. The summed E-state index contributed by atoms with van der Waals surface area (Å²) in [5.41, 5.74) is 3.84. The van der Waals surface area contributed by atoms with E-state index < -0.39 is 0 Å². The quantitative estimate of drug-likeness (QED) is 0.464. The molecule has 1 aromatic heterocycles. The number of aromatic nitrogens is 3. The number of nitrogens with zero attached hydrogens (tertiary/aromatic N) is 4. The van der Waals surface area contributed by atoms with Crippen molar-refractivity contribution < 1.29 is 9.53 Å². The number of hydrogen-bond acceptors (Lipinski definition) is 4. The van der Waals surface area contributed by atoms with Crippen molar-refractivity contribution in [1.82, 2.24) is 14.8 Å². The van der Waals surface area contributed by atoms with E-state index in [-0.39, 0.29) is 18.0 Å². The lowest BCUT2D eigenvalue weighted by molar-refractivity contribution is 0.0963. The molecule has 2 heterocycles. The highest BCUT2D eigenvalue weighted by molar-refractivity contribution is 6.06. The van der Waals surface area contributed by atoms with Crippen LogP contribution in [0, 0.1) is 6.92 Å². The third kappa shape index (κ3) is 3.54. The molecule has 5 rings (SSSR count). The van der Waals surface area contributed by atoms with Crippen molar-refractivity contribution in [1.29, 1.82) is 0 Å². The molecule has 0 fully saturated rings. The summed E-state index contributed by atoms with van der Waals surface area (Å²) in [7, 11) is 1.65. The molecule has 2 unspecified atom stereocenters. The van der Waals surface area contributed by atoms with Gasteiger partial charge in [-0.3, -0.25) is 9.69 Å². The number of ether oxygens (including phenoxy) is 1. The van der Waals surface area contributed by atoms with E-state index in [0.29, 0.717) is 17.9 Å². The van der Waals surface area contributed by atoms with Crippen molar-refractivity contribution >= 4 is 11.9 Å². The van der Waals surface area contributed by atoms with Crippen LogP contribution in [0.1, 0.15) is 45.6 Å². The van der Waals surface area contributed by atoms with Gasteiger partial charge in [0.15, 0.2) is 0 Å². The van der Waals surface area contributed by atoms with Gasteiger partial charge in [0.2, 0.25) is 5.95 Å². The fourth-order valence-electron chi connectivity index (χ4n) is 4.41. The van der Waals surface area contributed by atoms with Crippen LogP contribution in [-0.4, -0.2) is 27.8 Å². The molecule has 3 aromatic carbocycles. The number of rotatable bonds is 4. The van der Waals surface area contributed by atoms with E-state index in [1.165, 1.54) is 6.33 Å². The Kier molecular flexibility index (Phi) is 5.19. The van der Waals surface area contributed by atoms with Crippen LogP contribution in [0.2, 0.25) is 0 Å². The van der Waals surface area contributed by atoms with Crippen molar-refractivity contribution in [2.45, 2.75) is 25.4 Å². The summed E-state index contributed by atoms with van der Waals surface area (Å²) in [6.07, 6.45) is 2.21. The van der Waals surface area contributed by atoms with Crippen molar-refractivity contribution in [2.24, 2.45) is 0 Å². The van der Waals surface area contributed by atoms with E-state index in [4.69, 9.17) is 4.74 Å². The molecule has 0 radical (unpaired) electrons. The Morgan fingerprint density at radius 2 is 1.69 bits per heavy atom. The number of fused-ring (bicyclic) bond motifs is 1. The molecule has 1 aliphatic heterocycles. The Hall–Kier alpha value is -3.93. The Bertz CT molecular complexity index is 1230. The molecule has 1 amide bonds. The summed E-state index contributed by atoms with van der Waals surface area (Å²) in [4.78, 5) is 20.1. The molecule has 0 bridgehead atoms. The van der Waals surface area contributed by atoms with Crippen LogP contribution in [0.15, 0.2) is 85.2 Å². The Morgan fingerprint density at radius 1 is 0.938 bits per heavy atom. The maximum atomic E-state index is 13.8. The maximum absolute atomic E-state index is 13.8. The zero-order chi connectivity index (χ0) is 22.1. The molecule has 6 heteroatoms. The zero-order valence-corrected chi connectivity index (χ0v) is 18.1. The summed E-state index contributed by atoms with van der Waals surface area (Å²) in [6, 6.07) is 25.6. The molecule has 0 N–H and O–H groups in total. The monoisotopic (exact) mass is 424 g/mol. The van der Waals surface area contributed by atoms with Gasteiger partial charge in [0.05, 0.1) is 19.2 Å². The normalized spacial score (nSPS) is 17.6. The molecular weight excluding hydrogens is 400 g/mol. The van der Waals surface area contributed by atoms with Crippen LogP contribution in [-0.2, 0) is 0 Å². The van der Waals surface area contributed by atoms with Crippen LogP contribution in [0.5, 0.6) is 5.75 Å². The van der Waals surface area contributed by atoms with E-state index >= 15 is 0 Å². The van der Waals surface area contributed by atoms with Crippen LogP contribution in [0.25, 0.3) is 0 Å². The van der Waals surface area contributed by atoms with E-state index in [2.05, 4.69) is 22.2 Å².